The maximum Gasteiger partial charge on any atom is 0.0782 e. The maximum atomic E-state index is 2.48. The van der Waals surface area contributed by atoms with E-state index in [1.807, 2.05) is 0 Å². The fourth-order valence-corrected chi connectivity index (χ4v) is 9.25. The monoisotopic (exact) mass is 949 g/mol. The summed E-state index contributed by atoms with van der Waals surface area (Å²) in [4.78, 5) is 0. The lowest BCUT2D eigenvalue weighted by Gasteiger charge is -2.31. The Morgan fingerprint density at radius 3 is 0.397 bits per heavy atom. The molecule has 354 valence electrons. The van der Waals surface area contributed by atoms with Crippen molar-refractivity contribution in [3.63, 3.8) is 0 Å². The van der Waals surface area contributed by atoms with Gasteiger partial charge in [0.15, 0.2) is 0 Å². The molecule has 0 bridgehead atoms. The maximum absolute atomic E-state index is 2.48. The van der Waals surface area contributed by atoms with Gasteiger partial charge in [-0.05, 0) is 51.4 Å². The predicted octanol–water partition coefficient (Wildman–Crippen LogP) is 12.4. The van der Waals surface area contributed by atoms with Gasteiger partial charge >= 0.3 is 0 Å². The van der Waals surface area contributed by atoms with Crippen molar-refractivity contribution in [3.8, 4) is 0 Å². The van der Waals surface area contributed by atoms with Gasteiger partial charge in [0, 0.05) is 0 Å². The minimum absolute atomic E-state index is 0. The summed E-state index contributed by atoms with van der Waals surface area (Å²) in [6.45, 7) is 10.1. The smallest absolute Gasteiger partial charge is 0.0782 e. The van der Waals surface area contributed by atoms with Crippen LogP contribution >= 0.6 is 0 Å². The van der Waals surface area contributed by atoms with Gasteiger partial charge in [0.2, 0.25) is 0 Å². The first kappa shape index (κ1) is 63.2. The van der Waals surface area contributed by atoms with Crippen LogP contribution in [-0.2, 0) is 0 Å². The van der Waals surface area contributed by atoms with Gasteiger partial charge < -0.3 is 42.9 Å². The number of hydrogen-bond donors (Lipinski definition) is 0. The minimum Gasteiger partial charge on any atom is -1.00 e. The molecule has 0 N–H and O–H groups in total. The standard InChI is InChI=1S/C54H114N2.2BrH/c1-7-9-11-13-15-17-19-21-23-25-27-29-31-33-35-37-39-41-43-47-51-55(3,4)53-49-45-46-50-54-56(5,6)52-48-44-42-40-38-36-34-32-30-28-26-24-22-20-18-16-14-12-10-8-2;;/h7-54H2,1-6H3;2*1H/q+2;;/p-2. The number of nitrogens with zero attached hydrogens (tertiary/aromatic N) is 2. The molecule has 0 rings (SSSR count). The Hall–Kier alpha value is 0.880. The third kappa shape index (κ3) is 53.0. The highest BCUT2D eigenvalue weighted by atomic mass is 79.9. The zero-order chi connectivity index (χ0) is 40.9. The molecule has 0 fully saturated rings. The van der Waals surface area contributed by atoms with E-state index in [1.165, 1.54) is 318 Å². The molecule has 0 radical (unpaired) electrons. The largest absolute Gasteiger partial charge is 1.00 e. The van der Waals surface area contributed by atoms with Gasteiger partial charge in [0.05, 0.1) is 54.4 Å². The molecule has 0 spiro atoms. The SMILES string of the molecule is CCCCCCCCCCCCCCCCCCCCCC[N+](C)(C)CCCCCC[N+](C)(C)CCCCCCCCCCCCCCCCCCCCCC.[Br-].[Br-]. The third-order valence-corrected chi connectivity index (χ3v) is 13.5. The highest BCUT2D eigenvalue weighted by Gasteiger charge is 2.16. The van der Waals surface area contributed by atoms with Crippen LogP contribution in [0.1, 0.15) is 296 Å². The number of unbranched alkanes of at least 4 members (excludes halogenated alkanes) is 41. The number of hydrogen-bond acceptors (Lipinski definition) is 0. The summed E-state index contributed by atoms with van der Waals surface area (Å²) in [6, 6.07) is 0. The van der Waals surface area contributed by atoms with Crippen molar-refractivity contribution in [2.75, 3.05) is 54.4 Å². The molecule has 0 saturated heterocycles. The van der Waals surface area contributed by atoms with Crippen molar-refractivity contribution in [1.29, 1.82) is 0 Å². The van der Waals surface area contributed by atoms with Crippen molar-refractivity contribution in [1.82, 2.24) is 0 Å². The summed E-state index contributed by atoms with van der Waals surface area (Å²) in [5.74, 6) is 0. The van der Waals surface area contributed by atoms with E-state index in [4.69, 9.17) is 0 Å². The Morgan fingerprint density at radius 1 is 0.172 bits per heavy atom. The van der Waals surface area contributed by atoms with Crippen LogP contribution in [-0.4, -0.2) is 63.3 Å². The molecule has 0 unspecified atom stereocenters. The molecule has 2 nitrogen and oxygen atoms in total. The van der Waals surface area contributed by atoms with Gasteiger partial charge in [-0.15, -0.1) is 0 Å². The minimum atomic E-state index is 0. The lowest BCUT2D eigenvalue weighted by atomic mass is 10.0. The van der Waals surface area contributed by atoms with Crippen LogP contribution in [0.25, 0.3) is 0 Å². The Kier molecular flexibility index (Phi) is 55.0. The molecule has 0 aromatic heterocycles. The van der Waals surface area contributed by atoms with E-state index in [-0.39, 0.29) is 34.0 Å². The fourth-order valence-electron chi connectivity index (χ4n) is 9.25. The average molecular weight is 951 g/mol. The summed E-state index contributed by atoms with van der Waals surface area (Å²) in [7, 11) is 9.93. The molecular formula is C54H114Br2N2. The van der Waals surface area contributed by atoms with Gasteiger partial charge in [-0.2, -0.15) is 0 Å². The van der Waals surface area contributed by atoms with Crippen LogP contribution in [0.2, 0.25) is 0 Å². The van der Waals surface area contributed by atoms with E-state index < -0.39 is 0 Å². The van der Waals surface area contributed by atoms with E-state index in [9.17, 15) is 0 Å². The second-order valence-electron chi connectivity index (χ2n) is 20.6. The molecule has 0 aliphatic heterocycles. The molecule has 58 heavy (non-hydrogen) atoms. The van der Waals surface area contributed by atoms with Gasteiger partial charge in [-0.1, -0.05) is 245 Å². The van der Waals surface area contributed by atoms with Crippen LogP contribution in [0.15, 0.2) is 0 Å². The molecule has 4 heteroatoms. The highest BCUT2D eigenvalue weighted by Crippen LogP contribution is 2.18. The second kappa shape index (κ2) is 50.5. The van der Waals surface area contributed by atoms with Crippen molar-refractivity contribution in [2.45, 2.75) is 296 Å². The number of rotatable bonds is 49. The zero-order valence-electron chi connectivity index (χ0n) is 41.6. The molecular weight excluding hydrogens is 836 g/mol. The molecule has 0 amide bonds. The quantitative estimate of drug-likeness (QED) is 0.0421. The number of halogens is 2. The van der Waals surface area contributed by atoms with E-state index in [1.54, 1.807) is 0 Å². The molecule has 0 heterocycles. The van der Waals surface area contributed by atoms with E-state index in [2.05, 4.69) is 42.0 Å². The van der Waals surface area contributed by atoms with Gasteiger partial charge in [-0.3, -0.25) is 0 Å². The first-order chi connectivity index (χ1) is 27.3. The average Bonchev–Trinajstić information content (AvgIpc) is 3.17. The first-order valence-electron chi connectivity index (χ1n) is 27.0. The fraction of sp³-hybridized carbons (Fsp3) is 1.00. The Bertz CT molecular complexity index is 666. The molecule has 0 atom stereocenters. The molecule has 0 saturated carbocycles. The third-order valence-electron chi connectivity index (χ3n) is 13.5. The second-order valence-corrected chi connectivity index (χ2v) is 20.6. The highest BCUT2D eigenvalue weighted by molar-refractivity contribution is 4.54. The Labute approximate surface area is 391 Å². The van der Waals surface area contributed by atoms with Gasteiger partial charge in [-0.25, -0.2) is 0 Å². The van der Waals surface area contributed by atoms with Crippen LogP contribution in [0.3, 0.4) is 0 Å². The van der Waals surface area contributed by atoms with Crippen molar-refractivity contribution in [3.05, 3.63) is 0 Å². The van der Waals surface area contributed by atoms with E-state index in [0.717, 1.165) is 0 Å². The summed E-state index contributed by atoms with van der Waals surface area (Å²) in [5, 5.41) is 0. The van der Waals surface area contributed by atoms with Crippen LogP contribution in [0.5, 0.6) is 0 Å². The Morgan fingerprint density at radius 2 is 0.276 bits per heavy atom. The van der Waals surface area contributed by atoms with Crippen molar-refractivity contribution in [2.24, 2.45) is 0 Å². The number of quaternary nitrogens is 2. The van der Waals surface area contributed by atoms with Crippen molar-refractivity contribution < 1.29 is 42.9 Å². The molecule has 0 aromatic rings. The molecule has 0 aromatic carbocycles. The molecule has 0 aliphatic carbocycles. The predicted molar refractivity (Wildman–Crippen MR) is 258 cm³/mol. The van der Waals surface area contributed by atoms with Crippen LogP contribution < -0.4 is 34.0 Å². The van der Waals surface area contributed by atoms with Gasteiger partial charge in [0.25, 0.3) is 0 Å². The topological polar surface area (TPSA) is 0 Å². The van der Waals surface area contributed by atoms with Crippen molar-refractivity contribution >= 4 is 0 Å². The summed E-state index contributed by atoms with van der Waals surface area (Å²) < 4.78 is 2.47. The zero-order valence-corrected chi connectivity index (χ0v) is 44.8. The first-order valence-corrected chi connectivity index (χ1v) is 27.0. The summed E-state index contributed by atoms with van der Waals surface area (Å²) in [5.41, 5.74) is 0. The van der Waals surface area contributed by atoms with Gasteiger partial charge in [0.1, 0.15) is 0 Å². The van der Waals surface area contributed by atoms with E-state index in [0.29, 0.717) is 0 Å². The van der Waals surface area contributed by atoms with Crippen LogP contribution in [0, 0.1) is 0 Å². The Balaban J connectivity index is -0.0000151. The van der Waals surface area contributed by atoms with Crippen LogP contribution in [0.4, 0.5) is 0 Å². The summed E-state index contributed by atoms with van der Waals surface area (Å²) >= 11 is 0. The summed E-state index contributed by atoms with van der Waals surface area (Å²) in [6.07, 6.45) is 64.5. The lowest BCUT2D eigenvalue weighted by molar-refractivity contribution is -0.891. The lowest BCUT2D eigenvalue weighted by Crippen LogP contribution is -3.00. The van der Waals surface area contributed by atoms with E-state index >= 15 is 0 Å². The molecule has 0 aliphatic rings. The normalized spacial score (nSPS) is 11.9.